The molecule has 1 aliphatic rings. The summed E-state index contributed by atoms with van der Waals surface area (Å²) in [5, 5.41) is 0. The Morgan fingerprint density at radius 3 is 2.65 bits per heavy atom. The minimum absolute atomic E-state index is 0.0213. The summed E-state index contributed by atoms with van der Waals surface area (Å²) in [4.78, 5) is 18.9. The van der Waals surface area contributed by atoms with Gasteiger partial charge in [-0.1, -0.05) is 6.07 Å². The van der Waals surface area contributed by atoms with Crippen molar-refractivity contribution >= 4 is 5.91 Å². The molecule has 0 aliphatic carbocycles. The molecule has 0 N–H and O–H groups in total. The second-order valence-corrected chi connectivity index (χ2v) is 5.30. The van der Waals surface area contributed by atoms with Crippen LogP contribution in [-0.4, -0.2) is 29.0 Å². The summed E-state index contributed by atoms with van der Waals surface area (Å²) in [5.41, 5.74) is 2.68. The van der Waals surface area contributed by atoms with Crippen LogP contribution in [0.5, 0.6) is 11.5 Å². The van der Waals surface area contributed by atoms with Crippen molar-refractivity contribution in [2.24, 2.45) is 0 Å². The molecule has 23 heavy (non-hydrogen) atoms. The number of carbonyl (C=O) groups excluding carboxylic acids is 1. The minimum Gasteiger partial charge on any atom is -0.490 e. The van der Waals surface area contributed by atoms with Crippen molar-refractivity contribution in [3.8, 4) is 11.5 Å². The van der Waals surface area contributed by atoms with Crippen molar-refractivity contribution in [3.63, 3.8) is 0 Å². The summed E-state index contributed by atoms with van der Waals surface area (Å²) in [6, 6.07) is 9.25. The number of rotatable bonds is 5. The fraction of sp³-hybridized carbons (Fsp3) is 0.333. The quantitative estimate of drug-likeness (QED) is 0.851. The molecule has 3 rings (SSSR count). The summed E-state index contributed by atoms with van der Waals surface area (Å²) in [7, 11) is 0. The number of carbonyl (C=O) groups is 1. The van der Waals surface area contributed by atoms with E-state index in [1.165, 1.54) is 0 Å². The third-order valence-electron chi connectivity index (χ3n) is 3.76. The molecule has 0 unspecified atom stereocenters. The Bertz CT molecular complexity index is 690. The maximum atomic E-state index is 12.7. The van der Waals surface area contributed by atoms with Gasteiger partial charge in [-0.2, -0.15) is 0 Å². The van der Waals surface area contributed by atoms with Gasteiger partial charge in [0.15, 0.2) is 11.5 Å². The zero-order chi connectivity index (χ0) is 16.2. The van der Waals surface area contributed by atoms with Crippen molar-refractivity contribution in [2.45, 2.75) is 26.9 Å². The Morgan fingerprint density at radius 2 is 1.91 bits per heavy atom. The molecule has 1 aromatic heterocycles. The van der Waals surface area contributed by atoms with Crippen LogP contribution in [0.25, 0.3) is 0 Å². The van der Waals surface area contributed by atoms with Crippen LogP contribution in [-0.2, 0) is 13.1 Å². The SMILES string of the molecule is CCOc1ccc(C(=O)N2Cc3cccnc3C2)cc1OCC. The molecule has 0 bridgehead atoms. The first-order valence-electron chi connectivity index (χ1n) is 7.84. The second kappa shape index (κ2) is 6.69. The van der Waals surface area contributed by atoms with Gasteiger partial charge < -0.3 is 14.4 Å². The Hall–Kier alpha value is -2.56. The number of hydrogen-bond acceptors (Lipinski definition) is 4. The van der Waals surface area contributed by atoms with E-state index in [0.29, 0.717) is 43.4 Å². The lowest BCUT2D eigenvalue weighted by atomic mass is 10.1. The van der Waals surface area contributed by atoms with E-state index in [4.69, 9.17) is 9.47 Å². The van der Waals surface area contributed by atoms with E-state index in [9.17, 15) is 4.79 Å². The molecule has 5 heteroatoms. The summed E-state index contributed by atoms with van der Waals surface area (Å²) >= 11 is 0. The summed E-state index contributed by atoms with van der Waals surface area (Å²) in [6.07, 6.45) is 1.76. The van der Waals surface area contributed by atoms with Crippen LogP contribution < -0.4 is 9.47 Å². The molecule has 0 atom stereocenters. The number of ether oxygens (including phenoxy) is 2. The molecule has 0 radical (unpaired) electrons. The zero-order valence-electron chi connectivity index (χ0n) is 13.4. The van der Waals surface area contributed by atoms with Gasteiger partial charge in [0.1, 0.15) is 0 Å². The molecule has 5 nitrogen and oxygen atoms in total. The lowest BCUT2D eigenvalue weighted by Crippen LogP contribution is -2.25. The van der Waals surface area contributed by atoms with Crippen LogP contribution in [0.4, 0.5) is 0 Å². The molecular formula is C18H20N2O3. The number of fused-ring (bicyclic) bond motifs is 1. The molecule has 0 saturated heterocycles. The molecular weight excluding hydrogens is 292 g/mol. The number of hydrogen-bond donors (Lipinski definition) is 0. The molecule has 1 aromatic carbocycles. The molecule has 0 fully saturated rings. The molecule has 0 saturated carbocycles. The number of aromatic nitrogens is 1. The topological polar surface area (TPSA) is 51.7 Å². The highest BCUT2D eigenvalue weighted by Gasteiger charge is 2.25. The number of pyridine rings is 1. The molecule has 1 aliphatic heterocycles. The van der Waals surface area contributed by atoms with E-state index in [2.05, 4.69) is 4.98 Å². The van der Waals surface area contributed by atoms with E-state index >= 15 is 0 Å². The second-order valence-electron chi connectivity index (χ2n) is 5.30. The predicted octanol–water partition coefficient (Wildman–Crippen LogP) is 3.04. The largest absolute Gasteiger partial charge is 0.490 e. The van der Waals surface area contributed by atoms with Crippen LogP contribution >= 0.6 is 0 Å². The maximum absolute atomic E-state index is 12.7. The normalized spacial score (nSPS) is 12.9. The van der Waals surface area contributed by atoms with Gasteiger partial charge in [0, 0.05) is 18.3 Å². The molecule has 0 spiro atoms. The van der Waals surface area contributed by atoms with E-state index in [1.807, 2.05) is 26.0 Å². The van der Waals surface area contributed by atoms with Crippen LogP contribution in [0.2, 0.25) is 0 Å². The van der Waals surface area contributed by atoms with Crippen LogP contribution in [0, 0.1) is 0 Å². The third kappa shape index (κ3) is 3.13. The zero-order valence-corrected chi connectivity index (χ0v) is 13.4. The Balaban J connectivity index is 1.82. The lowest BCUT2D eigenvalue weighted by Gasteiger charge is -2.17. The first-order valence-corrected chi connectivity index (χ1v) is 7.84. The highest BCUT2D eigenvalue weighted by molar-refractivity contribution is 5.95. The van der Waals surface area contributed by atoms with E-state index in [-0.39, 0.29) is 5.91 Å². The van der Waals surface area contributed by atoms with Crippen LogP contribution in [0.1, 0.15) is 35.5 Å². The van der Waals surface area contributed by atoms with E-state index in [0.717, 1.165) is 11.3 Å². The lowest BCUT2D eigenvalue weighted by molar-refractivity contribution is 0.0750. The van der Waals surface area contributed by atoms with Crippen molar-refractivity contribution in [3.05, 3.63) is 53.3 Å². The molecule has 2 heterocycles. The van der Waals surface area contributed by atoms with Gasteiger partial charge in [-0.25, -0.2) is 0 Å². The standard InChI is InChI=1S/C18H20N2O3/c1-3-22-16-8-7-13(10-17(16)23-4-2)18(21)20-11-14-6-5-9-19-15(14)12-20/h5-10H,3-4,11-12H2,1-2H3. The predicted molar refractivity (Wildman–Crippen MR) is 86.6 cm³/mol. The highest BCUT2D eigenvalue weighted by atomic mass is 16.5. The number of nitrogens with zero attached hydrogens (tertiary/aromatic N) is 2. The number of amides is 1. The van der Waals surface area contributed by atoms with Crippen molar-refractivity contribution in [1.29, 1.82) is 0 Å². The van der Waals surface area contributed by atoms with E-state index in [1.54, 1.807) is 29.3 Å². The van der Waals surface area contributed by atoms with Gasteiger partial charge >= 0.3 is 0 Å². The van der Waals surface area contributed by atoms with Gasteiger partial charge in [0.25, 0.3) is 5.91 Å². The Kier molecular flexibility index (Phi) is 4.46. The first kappa shape index (κ1) is 15.3. The Labute approximate surface area is 135 Å². The van der Waals surface area contributed by atoms with Crippen LogP contribution in [0.15, 0.2) is 36.5 Å². The Morgan fingerprint density at radius 1 is 1.13 bits per heavy atom. The van der Waals surface area contributed by atoms with Crippen molar-refractivity contribution in [2.75, 3.05) is 13.2 Å². The van der Waals surface area contributed by atoms with Gasteiger partial charge in [0.05, 0.1) is 25.5 Å². The average Bonchev–Trinajstić information content (AvgIpc) is 3.00. The van der Waals surface area contributed by atoms with Gasteiger partial charge in [-0.05, 0) is 43.7 Å². The molecule has 120 valence electrons. The summed E-state index contributed by atoms with van der Waals surface area (Å²) in [6.45, 7) is 6.05. The third-order valence-corrected chi connectivity index (χ3v) is 3.76. The van der Waals surface area contributed by atoms with Crippen molar-refractivity contribution < 1.29 is 14.3 Å². The maximum Gasteiger partial charge on any atom is 0.254 e. The average molecular weight is 312 g/mol. The fourth-order valence-electron chi connectivity index (χ4n) is 2.71. The molecule has 1 amide bonds. The minimum atomic E-state index is -0.0213. The van der Waals surface area contributed by atoms with Gasteiger partial charge in [-0.3, -0.25) is 9.78 Å². The summed E-state index contributed by atoms with van der Waals surface area (Å²) < 4.78 is 11.1. The molecule has 2 aromatic rings. The van der Waals surface area contributed by atoms with Gasteiger partial charge in [0.2, 0.25) is 0 Å². The smallest absolute Gasteiger partial charge is 0.254 e. The van der Waals surface area contributed by atoms with Gasteiger partial charge in [-0.15, -0.1) is 0 Å². The van der Waals surface area contributed by atoms with E-state index < -0.39 is 0 Å². The first-order chi connectivity index (χ1) is 11.2. The van der Waals surface area contributed by atoms with Crippen molar-refractivity contribution in [1.82, 2.24) is 9.88 Å². The highest BCUT2D eigenvalue weighted by Crippen LogP contribution is 2.30. The van der Waals surface area contributed by atoms with Crippen LogP contribution in [0.3, 0.4) is 0 Å². The number of benzene rings is 1. The summed E-state index contributed by atoms with van der Waals surface area (Å²) in [5.74, 6) is 1.25. The monoisotopic (exact) mass is 312 g/mol. The fourth-order valence-corrected chi connectivity index (χ4v) is 2.71.